The number of benzene rings is 1. The molecule has 0 amide bonds. The van der Waals surface area contributed by atoms with Crippen LogP contribution >= 0.6 is 0 Å². The molecule has 0 bridgehead atoms. The van der Waals surface area contributed by atoms with Gasteiger partial charge in [-0.1, -0.05) is 6.92 Å². The summed E-state index contributed by atoms with van der Waals surface area (Å²) in [4.78, 5) is 0.255. The zero-order chi connectivity index (χ0) is 15.2. The SMILES string of the molecule is CCC(O)CCNc1ccc(S(=O)(=O)NC(C)C)cc1. The van der Waals surface area contributed by atoms with Gasteiger partial charge in [0.1, 0.15) is 0 Å². The summed E-state index contributed by atoms with van der Waals surface area (Å²) in [5, 5.41) is 12.6. The smallest absolute Gasteiger partial charge is 0.240 e. The molecule has 0 spiro atoms. The van der Waals surface area contributed by atoms with E-state index in [0.29, 0.717) is 13.0 Å². The second-order valence-electron chi connectivity index (χ2n) is 5.08. The fourth-order valence-corrected chi connectivity index (χ4v) is 2.97. The van der Waals surface area contributed by atoms with Gasteiger partial charge in [0, 0.05) is 18.3 Å². The molecular formula is C14H24N2O3S. The number of anilines is 1. The van der Waals surface area contributed by atoms with Crippen LogP contribution < -0.4 is 10.0 Å². The van der Waals surface area contributed by atoms with E-state index in [4.69, 9.17) is 0 Å². The van der Waals surface area contributed by atoms with Gasteiger partial charge in [-0.15, -0.1) is 0 Å². The van der Waals surface area contributed by atoms with Crippen LogP contribution in [0.15, 0.2) is 29.2 Å². The van der Waals surface area contributed by atoms with Gasteiger partial charge < -0.3 is 10.4 Å². The second kappa shape index (κ2) is 7.61. The molecule has 1 rings (SSSR count). The van der Waals surface area contributed by atoms with Crippen molar-refractivity contribution in [2.45, 2.75) is 50.7 Å². The van der Waals surface area contributed by atoms with Crippen LogP contribution in [0, 0.1) is 0 Å². The van der Waals surface area contributed by atoms with E-state index >= 15 is 0 Å². The Kier molecular flexibility index (Phi) is 6.45. The summed E-state index contributed by atoms with van der Waals surface area (Å²) >= 11 is 0. The van der Waals surface area contributed by atoms with Crippen molar-refractivity contribution in [3.8, 4) is 0 Å². The zero-order valence-corrected chi connectivity index (χ0v) is 13.1. The molecule has 1 aromatic rings. The molecule has 20 heavy (non-hydrogen) atoms. The van der Waals surface area contributed by atoms with E-state index in [-0.39, 0.29) is 17.0 Å². The molecule has 1 atom stereocenters. The summed E-state index contributed by atoms with van der Waals surface area (Å²) in [5.41, 5.74) is 0.844. The van der Waals surface area contributed by atoms with Crippen LogP contribution in [0.25, 0.3) is 0 Å². The lowest BCUT2D eigenvalue weighted by atomic mass is 10.2. The van der Waals surface area contributed by atoms with Crippen molar-refractivity contribution in [1.29, 1.82) is 0 Å². The third kappa shape index (κ3) is 5.48. The summed E-state index contributed by atoms with van der Waals surface area (Å²) in [7, 11) is -3.43. The molecule has 0 aliphatic rings. The summed E-state index contributed by atoms with van der Waals surface area (Å²) in [6.45, 7) is 6.16. The van der Waals surface area contributed by atoms with Crippen LogP contribution in [0.1, 0.15) is 33.6 Å². The molecule has 0 aliphatic heterocycles. The molecule has 6 heteroatoms. The maximum atomic E-state index is 11.9. The van der Waals surface area contributed by atoms with E-state index < -0.39 is 10.0 Å². The Balaban J connectivity index is 2.60. The first-order chi connectivity index (χ1) is 9.35. The Morgan fingerprint density at radius 2 is 1.80 bits per heavy atom. The molecule has 0 radical (unpaired) electrons. The Bertz CT molecular complexity index is 498. The Morgan fingerprint density at radius 1 is 1.20 bits per heavy atom. The Hall–Kier alpha value is -1.11. The minimum atomic E-state index is -3.43. The van der Waals surface area contributed by atoms with Gasteiger partial charge in [0.15, 0.2) is 0 Å². The average molecular weight is 300 g/mol. The zero-order valence-electron chi connectivity index (χ0n) is 12.3. The highest BCUT2D eigenvalue weighted by atomic mass is 32.2. The van der Waals surface area contributed by atoms with Crippen LogP contribution in [-0.4, -0.2) is 32.2 Å². The van der Waals surface area contributed by atoms with Gasteiger partial charge in [-0.05, 0) is 51.0 Å². The molecule has 5 nitrogen and oxygen atoms in total. The number of sulfonamides is 1. The predicted molar refractivity (Wildman–Crippen MR) is 81.3 cm³/mol. The fraction of sp³-hybridized carbons (Fsp3) is 0.571. The predicted octanol–water partition coefficient (Wildman–Crippen LogP) is 1.95. The minimum absolute atomic E-state index is 0.131. The molecule has 1 aromatic carbocycles. The molecule has 3 N–H and O–H groups in total. The Morgan fingerprint density at radius 3 is 2.30 bits per heavy atom. The highest BCUT2D eigenvalue weighted by molar-refractivity contribution is 7.89. The number of nitrogens with one attached hydrogen (secondary N) is 2. The third-order valence-corrected chi connectivity index (χ3v) is 4.51. The van der Waals surface area contributed by atoms with Crippen molar-refractivity contribution >= 4 is 15.7 Å². The fourth-order valence-electron chi connectivity index (χ4n) is 1.72. The molecule has 0 saturated heterocycles. The van der Waals surface area contributed by atoms with Crippen molar-refractivity contribution in [2.24, 2.45) is 0 Å². The number of aliphatic hydroxyl groups excluding tert-OH is 1. The average Bonchev–Trinajstić information content (AvgIpc) is 2.37. The lowest BCUT2D eigenvalue weighted by Crippen LogP contribution is -2.30. The number of rotatable bonds is 8. The standard InChI is InChI=1S/C14H24N2O3S/c1-4-13(17)9-10-15-12-5-7-14(8-6-12)20(18,19)16-11(2)3/h5-8,11,13,15-17H,4,9-10H2,1-3H3. The molecule has 0 saturated carbocycles. The third-order valence-electron chi connectivity index (χ3n) is 2.83. The van der Waals surface area contributed by atoms with E-state index in [2.05, 4.69) is 10.0 Å². The van der Waals surface area contributed by atoms with Crippen LogP contribution in [0.3, 0.4) is 0 Å². The van der Waals surface area contributed by atoms with Gasteiger partial charge in [0.05, 0.1) is 11.0 Å². The molecule has 1 unspecified atom stereocenters. The number of aliphatic hydroxyl groups is 1. The molecule has 114 valence electrons. The van der Waals surface area contributed by atoms with Gasteiger partial charge in [-0.3, -0.25) is 0 Å². The second-order valence-corrected chi connectivity index (χ2v) is 6.79. The monoisotopic (exact) mass is 300 g/mol. The summed E-state index contributed by atoms with van der Waals surface area (Å²) < 4.78 is 26.4. The lowest BCUT2D eigenvalue weighted by Gasteiger charge is -2.12. The molecule has 0 aliphatic carbocycles. The van der Waals surface area contributed by atoms with Crippen LogP contribution in [-0.2, 0) is 10.0 Å². The molecule has 0 aromatic heterocycles. The summed E-state index contributed by atoms with van der Waals surface area (Å²) in [6.07, 6.45) is 1.11. The lowest BCUT2D eigenvalue weighted by molar-refractivity contribution is 0.164. The van der Waals surface area contributed by atoms with Crippen molar-refractivity contribution in [1.82, 2.24) is 4.72 Å². The molecule has 0 fully saturated rings. The quantitative estimate of drug-likeness (QED) is 0.685. The van der Waals surface area contributed by atoms with E-state index in [1.54, 1.807) is 38.1 Å². The van der Waals surface area contributed by atoms with Gasteiger partial charge >= 0.3 is 0 Å². The van der Waals surface area contributed by atoms with Crippen molar-refractivity contribution in [2.75, 3.05) is 11.9 Å². The van der Waals surface area contributed by atoms with E-state index in [9.17, 15) is 13.5 Å². The van der Waals surface area contributed by atoms with Gasteiger partial charge in [0.2, 0.25) is 10.0 Å². The van der Waals surface area contributed by atoms with Crippen LogP contribution in [0.4, 0.5) is 5.69 Å². The van der Waals surface area contributed by atoms with Crippen LogP contribution in [0.2, 0.25) is 0 Å². The van der Waals surface area contributed by atoms with Gasteiger partial charge in [-0.25, -0.2) is 13.1 Å². The molecular weight excluding hydrogens is 276 g/mol. The molecule has 0 heterocycles. The summed E-state index contributed by atoms with van der Waals surface area (Å²) in [5.74, 6) is 0. The van der Waals surface area contributed by atoms with Crippen molar-refractivity contribution < 1.29 is 13.5 Å². The normalized spacial score (nSPS) is 13.4. The Labute approximate surface area is 121 Å². The van der Waals surface area contributed by atoms with Crippen LogP contribution in [0.5, 0.6) is 0 Å². The largest absolute Gasteiger partial charge is 0.393 e. The van der Waals surface area contributed by atoms with Crippen molar-refractivity contribution in [3.05, 3.63) is 24.3 Å². The first-order valence-electron chi connectivity index (χ1n) is 6.89. The van der Waals surface area contributed by atoms with Crippen molar-refractivity contribution in [3.63, 3.8) is 0 Å². The highest BCUT2D eigenvalue weighted by Crippen LogP contribution is 2.14. The highest BCUT2D eigenvalue weighted by Gasteiger charge is 2.14. The van der Waals surface area contributed by atoms with E-state index in [1.807, 2.05) is 6.92 Å². The van der Waals surface area contributed by atoms with Gasteiger partial charge in [0.25, 0.3) is 0 Å². The number of hydrogen-bond donors (Lipinski definition) is 3. The summed E-state index contributed by atoms with van der Waals surface area (Å²) in [6, 6.07) is 6.47. The van der Waals surface area contributed by atoms with E-state index in [1.165, 1.54) is 0 Å². The van der Waals surface area contributed by atoms with E-state index in [0.717, 1.165) is 12.1 Å². The maximum absolute atomic E-state index is 11.9. The first kappa shape index (κ1) is 16.9. The number of hydrogen-bond acceptors (Lipinski definition) is 4. The first-order valence-corrected chi connectivity index (χ1v) is 8.37. The minimum Gasteiger partial charge on any atom is -0.393 e. The maximum Gasteiger partial charge on any atom is 0.240 e. The van der Waals surface area contributed by atoms with Gasteiger partial charge in [-0.2, -0.15) is 0 Å². The topological polar surface area (TPSA) is 78.4 Å².